The lowest BCUT2D eigenvalue weighted by atomic mass is 10.1. The first-order chi connectivity index (χ1) is 13.1. The lowest BCUT2D eigenvalue weighted by molar-refractivity contribution is 0.0526. The molecule has 0 bridgehead atoms. The molecule has 27 heavy (non-hydrogen) atoms. The molecular weight excluding hydrogens is 344 g/mol. The zero-order chi connectivity index (χ0) is 19.2. The number of hydrogen-bond acceptors (Lipinski definition) is 5. The monoisotopic (exact) mass is 364 g/mol. The third kappa shape index (κ3) is 4.52. The topological polar surface area (TPSA) is 99.2 Å². The average molecular weight is 364 g/mol. The molecule has 0 spiro atoms. The van der Waals surface area contributed by atoms with Crippen LogP contribution in [0, 0.1) is 0 Å². The summed E-state index contributed by atoms with van der Waals surface area (Å²) in [5.41, 5.74) is 8.81. The SMILES string of the molecule is CCOC(=O)c1cnn(Cc2ccc(C(=O)Nc3ccccc3N)cc2)c1. The molecule has 0 saturated carbocycles. The fraction of sp³-hybridized carbons (Fsp3) is 0.150. The van der Waals surface area contributed by atoms with Gasteiger partial charge in [0, 0.05) is 11.8 Å². The number of rotatable bonds is 6. The van der Waals surface area contributed by atoms with Crippen LogP contribution in [-0.4, -0.2) is 28.3 Å². The van der Waals surface area contributed by atoms with E-state index in [9.17, 15) is 9.59 Å². The molecule has 2 aromatic carbocycles. The highest BCUT2D eigenvalue weighted by atomic mass is 16.5. The standard InChI is InChI=1S/C20H20N4O3/c1-2-27-20(26)16-11-22-24(13-16)12-14-7-9-15(10-8-14)19(25)23-18-6-4-3-5-17(18)21/h3-11,13H,2,12,21H2,1H3,(H,23,25). The largest absolute Gasteiger partial charge is 0.462 e. The van der Waals surface area contributed by atoms with E-state index >= 15 is 0 Å². The van der Waals surface area contributed by atoms with E-state index in [-0.39, 0.29) is 5.91 Å². The molecule has 3 aromatic rings. The van der Waals surface area contributed by atoms with E-state index in [0.717, 1.165) is 5.56 Å². The van der Waals surface area contributed by atoms with Crippen molar-refractivity contribution < 1.29 is 14.3 Å². The van der Waals surface area contributed by atoms with Gasteiger partial charge in [-0.05, 0) is 36.8 Å². The number of nitrogens with zero attached hydrogens (tertiary/aromatic N) is 2. The summed E-state index contributed by atoms with van der Waals surface area (Å²) in [4.78, 5) is 24.0. The Hall–Kier alpha value is -3.61. The summed E-state index contributed by atoms with van der Waals surface area (Å²) in [6, 6.07) is 14.3. The molecule has 0 aliphatic rings. The van der Waals surface area contributed by atoms with Gasteiger partial charge in [-0.1, -0.05) is 24.3 Å². The average Bonchev–Trinajstić information content (AvgIpc) is 3.13. The predicted molar refractivity (Wildman–Crippen MR) is 103 cm³/mol. The van der Waals surface area contributed by atoms with Gasteiger partial charge in [-0.3, -0.25) is 9.48 Å². The predicted octanol–water partition coefficient (Wildman–Crippen LogP) is 2.94. The molecule has 1 amide bonds. The van der Waals surface area contributed by atoms with Crippen LogP contribution >= 0.6 is 0 Å². The zero-order valence-corrected chi connectivity index (χ0v) is 14.9. The first-order valence-corrected chi connectivity index (χ1v) is 8.51. The van der Waals surface area contributed by atoms with Crippen molar-refractivity contribution in [2.24, 2.45) is 0 Å². The van der Waals surface area contributed by atoms with Crippen molar-refractivity contribution in [3.05, 3.63) is 77.6 Å². The number of nitrogen functional groups attached to an aromatic ring is 1. The van der Waals surface area contributed by atoms with E-state index in [4.69, 9.17) is 10.5 Å². The molecule has 0 radical (unpaired) electrons. The Kier molecular flexibility index (Phi) is 5.51. The number of carbonyl (C=O) groups excluding carboxylic acids is 2. The van der Waals surface area contributed by atoms with Gasteiger partial charge in [-0.25, -0.2) is 4.79 Å². The van der Waals surface area contributed by atoms with E-state index in [1.165, 1.54) is 6.20 Å². The molecule has 0 aliphatic heterocycles. The molecule has 0 fully saturated rings. The van der Waals surface area contributed by atoms with E-state index in [0.29, 0.717) is 35.7 Å². The summed E-state index contributed by atoms with van der Waals surface area (Å²) in [6.45, 7) is 2.56. The van der Waals surface area contributed by atoms with Gasteiger partial charge in [0.2, 0.25) is 0 Å². The van der Waals surface area contributed by atoms with Crippen molar-refractivity contribution in [2.45, 2.75) is 13.5 Å². The van der Waals surface area contributed by atoms with Crippen molar-refractivity contribution in [3.63, 3.8) is 0 Å². The minimum atomic E-state index is -0.393. The first kappa shape index (κ1) is 18.2. The van der Waals surface area contributed by atoms with Gasteiger partial charge in [0.15, 0.2) is 0 Å². The van der Waals surface area contributed by atoms with Crippen LogP contribution in [0.1, 0.15) is 33.2 Å². The lowest BCUT2D eigenvalue weighted by Gasteiger charge is -2.08. The van der Waals surface area contributed by atoms with Crippen LogP contribution in [0.25, 0.3) is 0 Å². The molecule has 138 valence electrons. The lowest BCUT2D eigenvalue weighted by Crippen LogP contribution is -2.13. The Labute approximate surface area is 156 Å². The van der Waals surface area contributed by atoms with Crippen molar-refractivity contribution in [1.82, 2.24) is 9.78 Å². The van der Waals surface area contributed by atoms with Gasteiger partial charge < -0.3 is 15.8 Å². The van der Waals surface area contributed by atoms with Crippen LogP contribution in [-0.2, 0) is 11.3 Å². The summed E-state index contributed by atoms with van der Waals surface area (Å²) >= 11 is 0. The number of esters is 1. The van der Waals surface area contributed by atoms with Crippen LogP contribution in [0.15, 0.2) is 60.9 Å². The number of carbonyl (C=O) groups is 2. The maximum atomic E-state index is 12.3. The summed E-state index contributed by atoms with van der Waals surface area (Å²) in [5, 5.41) is 6.95. The molecule has 0 atom stereocenters. The highest BCUT2D eigenvalue weighted by Gasteiger charge is 2.10. The van der Waals surface area contributed by atoms with Crippen LogP contribution in [0.2, 0.25) is 0 Å². The number of anilines is 2. The summed E-state index contributed by atoms with van der Waals surface area (Å²) in [5.74, 6) is -0.626. The van der Waals surface area contributed by atoms with Gasteiger partial charge in [0.05, 0.1) is 36.3 Å². The molecule has 1 heterocycles. The van der Waals surface area contributed by atoms with Gasteiger partial charge in [0.1, 0.15) is 0 Å². The third-order valence-electron chi connectivity index (χ3n) is 3.91. The Morgan fingerprint density at radius 1 is 1.11 bits per heavy atom. The molecule has 0 aliphatic carbocycles. The smallest absolute Gasteiger partial charge is 0.341 e. The normalized spacial score (nSPS) is 10.4. The number of ether oxygens (including phenoxy) is 1. The Balaban J connectivity index is 1.64. The fourth-order valence-electron chi connectivity index (χ4n) is 2.52. The number of hydrogen-bond donors (Lipinski definition) is 2. The molecule has 0 saturated heterocycles. The second-order valence-electron chi connectivity index (χ2n) is 5.89. The second kappa shape index (κ2) is 8.18. The van der Waals surface area contributed by atoms with E-state index in [1.54, 1.807) is 42.1 Å². The maximum Gasteiger partial charge on any atom is 0.341 e. The highest BCUT2D eigenvalue weighted by molar-refractivity contribution is 6.05. The molecule has 3 rings (SSSR count). The maximum absolute atomic E-state index is 12.3. The van der Waals surface area contributed by atoms with Gasteiger partial charge >= 0.3 is 5.97 Å². The Bertz CT molecular complexity index is 948. The van der Waals surface area contributed by atoms with Crippen molar-refractivity contribution in [3.8, 4) is 0 Å². The van der Waals surface area contributed by atoms with E-state index in [2.05, 4.69) is 10.4 Å². The fourth-order valence-corrected chi connectivity index (χ4v) is 2.52. The van der Waals surface area contributed by atoms with Crippen LogP contribution < -0.4 is 11.1 Å². The molecule has 0 unspecified atom stereocenters. The van der Waals surface area contributed by atoms with Crippen molar-refractivity contribution in [2.75, 3.05) is 17.7 Å². The van der Waals surface area contributed by atoms with Gasteiger partial charge in [-0.2, -0.15) is 5.10 Å². The quantitative estimate of drug-likeness (QED) is 0.517. The molecule has 7 heteroatoms. The van der Waals surface area contributed by atoms with E-state index < -0.39 is 5.97 Å². The Morgan fingerprint density at radius 3 is 2.56 bits per heavy atom. The van der Waals surface area contributed by atoms with Gasteiger partial charge in [0.25, 0.3) is 5.91 Å². The van der Waals surface area contributed by atoms with Crippen molar-refractivity contribution >= 4 is 23.3 Å². The van der Waals surface area contributed by atoms with Gasteiger partial charge in [-0.15, -0.1) is 0 Å². The summed E-state index contributed by atoms with van der Waals surface area (Å²) in [6.07, 6.45) is 3.11. The first-order valence-electron chi connectivity index (χ1n) is 8.51. The number of nitrogens with one attached hydrogen (secondary N) is 1. The second-order valence-corrected chi connectivity index (χ2v) is 5.89. The van der Waals surface area contributed by atoms with E-state index in [1.807, 2.05) is 24.3 Å². The van der Waals surface area contributed by atoms with Crippen molar-refractivity contribution in [1.29, 1.82) is 0 Å². The minimum absolute atomic E-state index is 0.233. The molecule has 3 N–H and O–H groups in total. The number of nitrogens with two attached hydrogens (primary N) is 1. The van der Waals surface area contributed by atoms with Crippen LogP contribution in [0.4, 0.5) is 11.4 Å². The highest BCUT2D eigenvalue weighted by Crippen LogP contribution is 2.18. The zero-order valence-electron chi connectivity index (χ0n) is 14.9. The van der Waals surface area contributed by atoms with Crippen LogP contribution in [0.5, 0.6) is 0 Å². The molecule has 1 aromatic heterocycles. The summed E-state index contributed by atoms with van der Waals surface area (Å²) < 4.78 is 6.59. The van der Waals surface area contributed by atoms with Crippen LogP contribution in [0.3, 0.4) is 0 Å². The molecular formula is C20H20N4O3. The molecule has 7 nitrogen and oxygen atoms in total. The third-order valence-corrected chi connectivity index (χ3v) is 3.91. The number of benzene rings is 2. The number of para-hydroxylation sites is 2. The number of amides is 1. The minimum Gasteiger partial charge on any atom is -0.462 e. The number of aromatic nitrogens is 2. The summed E-state index contributed by atoms with van der Waals surface area (Å²) in [7, 11) is 0. The Morgan fingerprint density at radius 2 is 1.85 bits per heavy atom.